The lowest BCUT2D eigenvalue weighted by Gasteiger charge is -2.28. The zero-order valence-electron chi connectivity index (χ0n) is 20.0. The van der Waals surface area contributed by atoms with E-state index in [9.17, 15) is 24.3 Å². The van der Waals surface area contributed by atoms with E-state index in [2.05, 4.69) is 20.6 Å². The molecule has 0 radical (unpaired) electrons. The summed E-state index contributed by atoms with van der Waals surface area (Å²) in [6.45, 7) is 4.15. The molecule has 4 atom stereocenters. The van der Waals surface area contributed by atoms with E-state index in [1.807, 2.05) is 20.1 Å². The maximum absolute atomic E-state index is 13.2. The standard InChI is InChI=1S/C22H36N6O5S/c1-13(2)9-17(22(32)33)27-19(29)16(10-14-11-24-12-25-14)26-20(30)18-5-4-7-28(18)21(31)15(23)6-8-34-3/h11-13,15-18H,4-10,23H2,1-3H3,(H,24,25)(H,26,30)(H,27,29)(H,32,33). The molecule has 1 aromatic rings. The van der Waals surface area contributed by atoms with Crippen molar-refractivity contribution in [3.8, 4) is 0 Å². The summed E-state index contributed by atoms with van der Waals surface area (Å²) in [5.74, 6) is -1.69. The average molecular weight is 497 g/mol. The van der Waals surface area contributed by atoms with Gasteiger partial charge in [-0.25, -0.2) is 9.78 Å². The second-order valence-corrected chi connectivity index (χ2v) is 9.93. The van der Waals surface area contributed by atoms with Gasteiger partial charge in [-0.05, 0) is 43.6 Å². The molecule has 6 N–H and O–H groups in total. The minimum Gasteiger partial charge on any atom is -0.480 e. The van der Waals surface area contributed by atoms with Crippen molar-refractivity contribution in [2.75, 3.05) is 18.6 Å². The summed E-state index contributed by atoms with van der Waals surface area (Å²) >= 11 is 1.60. The first-order chi connectivity index (χ1) is 16.1. The first-order valence-corrected chi connectivity index (χ1v) is 12.9. The van der Waals surface area contributed by atoms with Gasteiger partial charge in [0.2, 0.25) is 17.7 Å². The van der Waals surface area contributed by atoms with Gasteiger partial charge in [-0.15, -0.1) is 0 Å². The van der Waals surface area contributed by atoms with E-state index in [0.717, 1.165) is 5.75 Å². The third kappa shape index (κ3) is 8.01. The molecule has 12 heteroatoms. The highest BCUT2D eigenvalue weighted by Gasteiger charge is 2.38. The summed E-state index contributed by atoms with van der Waals surface area (Å²) in [5.41, 5.74) is 6.65. The van der Waals surface area contributed by atoms with E-state index in [4.69, 9.17) is 5.73 Å². The number of aromatic nitrogens is 2. The van der Waals surface area contributed by atoms with Crippen LogP contribution >= 0.6 is 11.8 Å². The highest BCUT2D eigenvalue weighted by Crippen LogP contribution is 2.20. The number of likely N-dealkylation sites (tertiary alicyclic amines) is 1. The summed E-state index contributed by atoms with van der Waals surface area (Å²) in [7, 11) is 0. The maximum atomic E-state index is 13.2. The number of hydrogen-bond donors (Lipinski definition) is 5. The average Bonchev–Trinajstić information content (AvgIpc) is 3.47. The predicted molar refractivity (Wildman–Crippen MR) is 129 cm³/mol. The summed E-state index contributed by atoms with van der Waals surface area (Å²) < 4.78 is 0. The summed E-state index contributed by atoms with van der Waals surface area (Å²) in [5, 5.41) is 14.8. The quantitative estimate of drug-likeness (QED) is 0.256. The van der Waals surface area contributed by atoms with Gasteiger partial charge in [-0.3, -0.25) is 14.4 Å². The summed E-state index contributed by atoms with van der Waals surface area (Å²) in [6, 6.07) is -3.52. The first kappa shape index (κ1) is 27.6. The Kier molecular flexibility index (Phi) is 10.8. The van der Waals surface area contributed by atoms with Crippen LogP contribution in [0.5, 0.6) is 0 Å². The van der Waals surface area contributed by atoms with Crippen LogP contribution in [-0.4, -0.2) is 86.4 Å². The van der Waals surface area contributed by atoms with Crippen molar-refractivity contribution in [2.45, 2.75) is 70.1 Å². The molecular formula is C22H36N6O5S. The van der Waals surface area contributed by atoms with Crippen molar-refractivity contribution in [3.05, 3.63) is 18.2 Å². The van der Waals surface area contributed by atoms with Crippen molar-refractivity contribution < 1.29 is 24.3 Å². The van der Waals surface area contributed by atoms with Crippen molar-refractivity contribution in [2.24, 2.45) is 11.7 Å². The molecule has 0 aromatic carbocycles. The van der Waals surface area contributed by atoms with Crippen LogP contribution in [-0.2, 0) is 25.6 Å². The van der Waals surface area contributed by atoms with Gasteiger partial charge < -0.3 is 31.4 Å². The van der Waals surface area contributed by atoms with Gasteiger partial charge in [-0.1, -0.05) is 13.8 Å². The highest BCUT2D eigenvalue weighted by molar-refractivity contribution is 7.98. The molecule has 0 bridgehead atoms. The van der Waals surface area contributed by atoms with Crippen molar-refractivity contribution in [3.63, 3.8) is 0 Å². The SMILES string of the molecule is CSCCC(N)C(=O)N1CCCC1C(=O)NC(Cc1cnc[nH]1)C(=O)NC(CC(C)C)C(=O)O. The Hall–Kier alpha value is -2.60. The molecule has 1 aliphatic heterocycles. The van der Waals surface area contributed by atoms with Crippen LogP contribution in [0.15, 0.2) is 12.5 Å². The molecule has 0 saturated carbocycles. The number of thioether (sulfide) groups is 1. The summed E-state index contributed by atoms with van der Waals surface area (Å²) in [6.07, 6.45) is 6.92. The molecule has 1 saturated heterocycles. The lowest BCUT2D eigenvalue weighted by atomic mass is 10.0. The third-order valence-corrected chi connectivity index (χ3v) is 6.37. The van der Waals surface area contributed by atoms with Gasteiger partial charge >= 0.3 is 5.97 Å². The molecule has 34 heavy (non-hydrogen) atoms. The number of rotatable bonds is 13. The number of aliphatic carboxylic acids is 1. The van der Waals surface area contributed by atoms with Crippen LogP contribution in [0.4, 0.5) is 0 Å². The fourth-order valence-electron chi connectivity index (χ4n) is 3.94. The number of amides is 3. The van der Waals surface area contributed by atoms with Gasteiger partial charge in [0.25, 0.3) is 0 Å². The van der Waals surface area contributed by atoms with Gasteiger partial charge in [-0.2, -0.15) is 11.8 Å². The Morgan fingerprint density at radius 2 is 2.03 bits per heavy atom. The number of carbonyl (C=O) groups is 4. The molecule has 1 aliphatic rings. The molecule has 190 valence electrons. The van der Waals surface area contributed by atoms with Crippen LogP contribution in [0.3, 0.4) is 0 Å². The minimum atomic E-state index is -1.14. The number of nitrogens with two attached hydrogens (primary N) is 1. The molecule has 0 aliphatic carbocycles. The first-order valence-electron chi connectivity index (χ1n) is 11.5. The Labute approximate surface area is 204 Å². The molecule has 1 aromatic heterocycles. The normalized spacial score (nSPS) is 18.4. The molecule has 1 fully saturated rings. The Morgan fingerprint density at radius 3 is 2.62 bits per heavy atom. The second-order valence-electron chi connectivity index (χ2n) is 8.95. The van der Waals surface area contributed by atoms with Crippen molar-refractivity contribution in [1.29, 1.82) is 0 Å². The van der Waals surface area contributed by atoms with Gasteiger partial charge in [0, 0.05) is 24.9 Å². The topological polar surface area (TPSA) is 171 Å². The lowest BCUT2D eigenvalue weighted by Crippen LogP contribution is -2.57. The van der Waals surface area contributed by atoms with Crippen LogP contribution in [0.25, 0.3) is 0 Å². The van der Waals surface area contributed by atoms with Crippen LogP contribution < -0.4 is 16.4 Å². The number of H-pyrrole nitrogens is 1. The molecule has 2 rings (SSSR count). The molecule has 2 heterocycles. The third-order valence-electron chi connectivity index (χ3n) is 5.72. The number of nitrogens with zero attached hydrogens (tertiary/aromatic N) is 2. The van der Waals surface area contributed by atoms with Gasteiger partial charge in [0.05, 0.1) is 12.4 Å². The Morgan fingerprint density at radius 1 is 1.29 bits per heavy atom. The number of carboxylic acid groups (broad SMARTS) is 1. The number of carboxylic acids is 1. The zero-order chi connectivity index (χ0) is 25.3. The van der Waals surface area contributed by atoms with E-state index in [-0.39, 0.29) is 24.7 Å². The summed E-state index contributed by atoms with van der Waals surface area (Å²) in [4.78, 5) is 59.0. The number of nitrogens with one attached hydrogen (secondary N) is 3. The fraction of sp³-hybridized carbons (Fsp3) is 0.682. The highest BCUT2D eigenvalue weighted by atomic mass is 32.2. The molecule has 0 spiro atoms. The van der Waals surface area contributed by atoms with Gasteiger partial charge in [0.1, 0.15) is 18.1 Å². The van der Waals surface area contributed by atoms with Crippen molar-refractivity contribution >= 4 is 35.5 Å². The lowest BCUT2D eigenvalue weighted by molar-refractivity contribution is -0.143. The van der Waals surface area contributed by atoms with Crippen LogP contribution in [0.1, 0.15) is 45.2 Å². The second kappa shape index (κ2) is 13.3. The monoisotopic (exact) mass is 496 g/mol. The predicted octanol–water partition coefficient (Wildman–Crippen LogP) is 0.124. The number of aromatic amines is 1. The van der Waals surface area contributed by atoms with E-state index < -0.39 is 42.0 Å². The van der Waals surface area contributed by atoms with E-state index >= 15 is 0 Å². The molecule has 4 unspecified atom stereocenters. The Bertz CT molecular complexity index is 834. The molecule has 3 amide bonds. The largest absolute Gasteiger partial charge is 0.480 e. The van der Waals surface area contributed by atoms with Crippen LogP contribution in [0.2, 0.25) is 0 Å². The molecular weight excluding hydrogens is 460 g/mol. The fourth-order valence-corrected chi connectivity index (χ4v) is 4.43. The Balaban J connectivity index is 2.13. The number of carbonyl (C=O) groups excluding carboxylic acids is 3. The minimum absolute atomic E-state index is 0.0513. The zero-order valence-corrected chi connectivity index (χ0v) is 20.8. The smallest absolute Gasteiger partial charge is 0.326 e. The van der Waals surface area contributed by atoms with Crippen molar-refractivity contribution in [1.82, 2.24) is 25.5 Å². The van der Waals surface area contributed by atoms with Gasteiger partial charge in [0.15, 0.2) is 0 Å². The number of imidazole rings is 1. The van der Waals surface area contributed by atoms with E-state index in [0.29, 0.717) is 31.5 Å². The molecule has 11 nitrogen and oxygen atoms in total. The van der Waals surface area contributed by atoms with Crippen LogP contribution in [0, 0.1) is 5.92 Å². The van der Waals surface area contributed by atoms with E-state index in [1.54, 1.807) is 11.8 Å². The van der Waals surface area contributed by atoms with E-state index in [1.165, 1.54) is 17.4 Å². The maximum Gasteiger partial charge on any atom is 0.326 e. The number of hydrogen-bond acceptors (Lipinski definition) is 7.